The maximum absolute atomic E-state index is 12.9. The zero-order valence-corrected chi connectivity index (χ0v) is 14.1. The number of hydrogen-bond acceptors (Lipinski definition) is 2. The predicted octanol–water partition coefficient (Wildman–Crippen LogP) is 4.22. The van der Waals surface area contributed by atoms with Gasteiger partial charge in [-0.15, -0.1) is 0 Å². The summed E-state index contributed by atoms with van der Waals surface area (Å²) in [5, 5.41) is 9.29. The summed E-state index contributed by atoms with van der Waals surface area (Å²) >= 11 is 3.24. The van der Waals surface area contributed by atoms with Crippen LogP contribution < -0.4 is 0 Å². The van der Waals surface area contributed by atoms with Crippen LogP contribution in [-0.2, 0) is 21.8 Å². The first kappa shape index (κ1) is 18.1. The van der Waals surface area contributed by atoms with E-state index in [0.29, 0.717) is 24.0 Å². The summed E-state index contributed by atoms with van der Waals surface area (Å²) in [4.78, 5) is 12.3. The first-order valence-corrected chi connectivity index (χ1v) is 8.15. The van der Waals surface area contributed by atoms with Crippen molar-refractivity contribution in [1.29, 1.82) is 0 Å². The number of amides is 1. The molecule has 1 amide bonds. The first-order chi connectivity index (χ1) is 10.7. The number of carboxylic acid groups (broad SMARTS) is 1. The molecule has 1 heterocycles. The number of nitrogens with zero attached hydrogens (tertiary/aromatic N) is 1. The van der Waals surface area contributed by atoms with Crippen LogP contribution in [0.4, 0.5) is 18.0 Å². The highest BCUT2D eigenvalue weighted by Crippen LogP contribution is 2.40. The Kier molecular flexibility index (Phi) is 5.25. The molecule has 4 nitrogen and oxygen atoms in total. The fourth-order valence-electron chi connectivity index (χ4n) is 2.97. The summed E-state index contributed by atoms with van der Waals surface area (Å²) < 4.78 is 44.3. The predicted molar refractivity (Wildman–Crippen MR) is 81.6 cm³/mol. The minimum atomic E-state index is -4.40. The molecule has 1 saturated heterocycles. The van der Waals surface area contributed by atoms with Gasteiger partial charge >= 0.3 is 12.3 Å². The van der Waals surface area contributed by atoms with Gasteiger partial charge in [0.1, 0.15) is 0 Å². The molecule has 2 rings (SSSR count). The number of likely N-dealkylation sites (tertiary alicyclic amines) is 1. The summed E-state index contributed by atoms with van der Waals surface area (Å²) in [5.74, 6) is 0. The fourth-order valence-corrected chi connectivity index (χ4v) is 3.43. The summed E-state index contributed by atoms with van der Waals surface area (Å²) in [5.41, 5.74) is -0.288. The third-order valence-electron chi connectivity index (χ3n) is 4.30. The van der Waals surface area contributed by atoms with Crippen LogP contribution in [0.2, 0.25) is 0 Å². The lowest BCUT2D eigenvalue weighted by atomic mass is 9.81. The highest BCUT2D eigenvalue weighted by molar-refractivity contribution is 9.08. The van der Waals surface area contributed by atoms with Crippen molar-refractivity contribution >= 4 is 22.0 Å². The van der Waals surface area contributed by atoms with Crippen LogP contribution in [0.25, 0.3) is 0 Å². The van der Waals surface area contributed by atoms with Crippen LogP contribution in [0.3, 0.4) is 0 Å². The van der Waals surface area contributed by atoms with Crippen LogP contribution in [0.5, 0.6) is 0 Å². The minimum Gasteiger partial charge on any atom is -0.465 e. The number of ether oxygens (including phenoxy) is 1. The van der Waals surface area contributed by atoms with Crippen LogP contribution in [0, 0.1) is 0 Å². The van der Waals surface area contributed by atoms with E-state index < -0.39 is 23.4 Å². The van der Waals surface area contributed by atoms with Gasteiger partial charge in [-0.05, 0) is 36.1 Å². The third kappa shape index (κ3) is 3.63. The average Bonchev–Trinajstić information content (AvgIpc) is 2.53. The Hall–Kier alpha value is -1.28. The summed E-state index contributed by atoms with van der Waals surface area (Å²) in [7, 11) is 1.51. The topological polar surface area (TPSA) is 49.8 Å². The Morgan fingerprint density at radius 2 is 2.00 bits per heavy atom. The largest absolute Gasteiger partial charge is 0.465 e. The maximum Gasteiger partial charge on any atom is 0.416 e. The van der Waals surface area contributed by atoms with Crippen molar-refractivity contribution < 1.29 is 27.8 Å². The van der Waals surface area contributed by atoms with E-state index in [2.05, 4.69) is 15.9 Å². The molecule has 1 fully saturated rings. The lowest BCUT2D eigenvalue weighted by molar-refractivity contribution is -0.137. The molecule has 1 aliphatic rings. The number of carbonyl (C=O) groups is 1. The molecule has 1 aliphatic heterocycles. The normalized spacial score (nSPS) is 18.0. The second-order valence-corrected chi connectivity index (χ2v) is 6.03. The lowest BCUT2D eigenvalue weighted by Crippen LogP contribution is -2.46. The first-order valence-electron chi connectivity index (χ1n) is 7.03. The van der Waals surface area contributed by atoms with Crippen molar-refractivity contribution in [2.24, 2.45) is 0 Å². The van der Waals surface area contributed by atoms with Gasteiger partial charge in [0, 0.05) is 25.5 Å². The zero-order chi connectivity index (χ0) is 17.3. The molecule has 0 spiro atoms. The molecule has 8 heteroatoms. The highest BCUT2D eigenvalue weighted by Gasteiger charge is 2.40. The Morgan fingerprint density at radius 3 is 2.43 bits per heavy atom. The molecule has 0 radical (unpaired) electrons. The van der Waals surface area contributed by atoms with Gasteiger partial charge in [-0.1, -0.05) is 22.0 Å². The van der Waals surface area contributed by atoms with Gasteiger partial charge in [0.05, 0.1) is 11.2 Å². The van der Waals surface area contributed by atoms with Gasteiger partial charge in [0.25, 0.3) is 0 Å². The van der Waals surface area contributed by atoms with Gasteiger partial charge in [-0.2, -0.15) is 13.2 Å². The number of methoxy groups -OCH3 is 1. The Labute approximate surface area is 140 Å². The number of rotatable bonds is 3. The van der Waals surface area contributed by atoms with E-state index in [4.69, 9.17) is 9.84 Å². The van der Waals surface area contributed by atoms with Crippen LogP contribution >= 0.6 is 15.9 Å². The summed E-state index contributed by atoms with van der Waals surface area (Å²) in [6.07, 6.45) is -4.59. The van der Waals surface area contributed by atoms with E-state index >= 15 is 0 Å². The summed E-state index contributed by atoms with van der Waals surface area (Å²) in [6.45, 7) is 0.567. The number of hydrogen-bond donors (Lipinski definition) is 1. The van der Waals surface area contributed by atoms with Crippen LogP contribution in [0.1, 0.15) is 29.5 Å². The Bertz CT molecular complexity index is 584. The van der Waals surface area contributed by atoms with Gasteiger partial charge in [-0.25, -0.2) is 4.79 Å². The molecule has 128 valence electrons. The van der Waals surface area contributed by atoms with E-state index in [-0.39, 0.29) is 18.4 Å². The molecular formula is C15H17BrF3NO3. The SMILES string of the molecule is COC1(c2ccc(C(F)(F)F)cc2CBr)CCN(C(=O)O)CC1. The molecule has 0 aliphatic carbocycles. The third-order valence-corrected chi connectivity index (χ3v) is 4.90. The van der Waals surface area contributed by atoms with E-state index in [1.54, 1.807) is 0 Å². The zero-order valence-electron chi connectivity index (χ0n) is 12.5. The van der Waals surface area contributed by atoms with Gasteiger partial charge in [0.15, 0.2) is 0 Å². The van der Waals surface area contributed by atoms with Gasteiger partial charge in [-0.3, -0.25) is 0 Å². The van der Waals surface area contributed by atoms with Crippen molar-refractivity contribution in [2.75, 3.05) is 20.2 Å². The minimum absolute atomic E-state index is 0.264. The van der Waals surface area contributed by atoms with E-state index in [9.17, 15) is 18.0 Å². The average molecular weight is 396 g/mol. The number of benzene rings is 1. The molecule has 23 heavy (non-hydrogen) atoms. The molecule has 0 atom stereocenters. The molecule has 1 aromatic carbocycles. The van der Waals surface area contributed by atoms with E-state index in [1.165, 1.54) is 18.1 Å². The van der Waals surface area contributed by atoms with Crippen LogP contribution in [0.15, 0.2) is 18.2 Å². The highest BCUT2D eigenvalue weighted by atomic mass is 79.9. The Morgan fingerprint density at radius 1 is 1.39 bits per heavy atom. The molecule has 0 aromatic heterocycles. The quantitative estimate of drug-likeness (QED) is 0.779. The van der Waals surface area contributed by atoms with Crippen molar-refractivity contribution in [3.63, 3.8) is 0 Å². The standard InChI is InChI=1S/C15H17BrF3NO3/c1-23-14(4-6-20(7-5-14)13(21)22)12-3-2-11(15(17,18)19)8-10(12)9-16/h2-3,8H,4-7,9H2,1H3,(H,21,22). The van der Waals surface area contributed by atoms with E-state index in [0.717, 1.165) is 12.1 Å². The van der Waals surface area contributed by atoms with Crippen molar-refractivity contribution in [3.8, 4) is 0 Å². The molecular weight excluding hydrogens is 379 g/mol. The molecule has 0 unspecified atom stereocenters. The van der Waals surface area contributed by atoms with E-state index in [1.807, 2.05) is 0 Å². The maximum atomic E-state index is 12.9. The van der Waals surface area contributed by atoms with Crippen molar-refractivity contribution in [3.05, 3.63) is 34.9 Å². The Balaban J connectivity index is 2.37. The number of piperidine rings is 1. The monoisotopic (exact) mass is 395 g/mol. The summed E-state index contributed by atoms with van der Waals surface area (Å²) in [6, 6.07) is 3.61. The lowest BCUT2D eigenvalue weighted by Gasteiger charge is -2.41. The van der Waals surface area contributed by atoms with Crippen molar-refractivity contribution in [1.82, 2.24) is 4.90 Å². The van der Waals surface area contributed by atoms with Crippen molar-refractivity contribution in [2.45, 2.75) is 29.9 Å². The van der Waals surface area contributed by atoms with Gasteiger partial charge < -0.3 is 14.7 Å². The number of alkyl halides is 4. The molecule has 1 N–H and O–H groups in total. The van der Waals surface area contributed by atoms with Gasteiger partial charge in [0.2, 0.25) is 0 Å². The van der Waals surface area contributed by atoms with Crippen LogP contribution in [-0.4, -0.2) is 36.3 Å². The fraction of sp³-hybridized carbons (Fsp3) is 0.533. The second-order valence-electron chi connectivity index (χ2n) is 5.47. The smallest absolute Gasteiger partial charge is 0.416 e. The molecule has 0 bridgehead atoms. The molecule has 1 aromatic rings. The molecule has 0 saturated carbocycles. The number of halogens is 4. The second kappa shape index (κ2) is 6.68.